The Balaban J connectivity index is 4.20. The van der Waals surface area contributed by atoms with Gasteiger partial charge < -0.3 is 9.33 Å². The van der Waals surface area contributed by atoms with Gasteiger partial charge in [0.25, 0.3) is 0 Å². The predicted octanol–water partition coefficient (Wildman–Crippen LogP) is 1.21. The molecule has 0 N–H and O–H groups in total. The number of nitrogens with zero attached hydrogens (tertiary/aromatic N) is 2. The van der Waals surface area contributed by atoms with E-state index in [2.05, 4.69) is 0 Å². The van der Waals surface area contributed by atoms with Crippen LogP contribution in [0.15, 0.2) is 0 Å². The maximum Gasteiger partial charge on any atom is 0.225 e. The van der Waals surface area contributed by atoms with Gasteiger partial charge >= 0.3 is 0 Å². The van der Waals surface area contributed by atoms with E-state index in [-0.39, 0.29) is 12.3 Å². The van der Waals surface area contributed by atoms with Crippen LogP contribution >= 0.6 is 0 Å². The van der Waals surface area contributed by atoms with Crippen LogP contribution in [0.25, 0.3) is 0 Å². The van der Waals surface area contributed by atoms with Crippen molar-refractivity contribution in [3.8, 4) is 6.07 Å². The molecule has 0 saturated carbocycles. The molecule has 0 spiro atoms. The van der Waals surface area contributed by atoms with Gasteiger partial charge in [-0.2, -0.15) is 5.26 Å². The first-order valence-corrected chi connectivity index (χ1v) is 7.94. The Bertz CT molecular complexity index is 240. The summed E-state index contributed by atoms with van der Waals surface area (Å²) in [4.78, 5) is 12.8. The van der Waals surface area contributed by atoms with Crippen LogP contribution in [0.4, 0.5) is 0 Å². The molecule has 0 saturated heterocycles. The van der Waals surface area contributed by atoms with E-state index in [1.54, 1.807) is 14.1 Å². The number of hydrogen-bond acceptors (Lipinski definition) is 3. The van der Waals surface area contributed by atoms with Crippen molar-refractivity contribution in [2.24, 2.45) is 0 Å². The number of carbonyl (C=O) groups is 1. The van der Waals surface area contributed by atoms with Crippen LogP contribution < -0.4 is 0 Å². The summed E-state index contributed by atoms with van der Waals surface area (Å²) >= 11 is 0. The molecule has 0 bridgehead atoms. The lowest BCUT2D eigenvalue weighted by atomic mass is 10.2. The zero-order valence-corrected chi connectivity index (χ0v) is 10.5. The lowest BCUT2D eigenvalue weighted by Gasteiger charge is -2.22. The first kappa shape index (κ1) is 13.1. The van der Waals surface area contributed by atoms with Gasteiger partial charge in [0, 0.05) is 14.1 Å². The van der Waals surface area contributed by atoms with E-state index in [1.807, 2.05) is 25.7 Å². The summed E-state index contributed by atoms with van der Waals surface area (Å²) in [7, 11) is 1.61. The lowest BCUT2D eigenvalue weighted by Crippen LogP contribution is -2.35. The molecule has 0 aliphatic heterocycles. The Morgan fingerprint density at radius 2 is 2.00 bits per heavy atom. The van der Waals surface area contributed by atoms with E-state index in [9.17, 15) is 4.79 Å². The molecule has 1 amide bonds. The van der Waals surface area contributed by atoms with Crippen LogP contribution in [0.3, 0.4) is 0 Å². The average molecular weight is 214 g/mol. The van der Waals surface area contributed by atoms with Crippen LogP contribution in [-0.4, -0.2) is 39.3 Å². The van der Waals surface area contributed by atoms with Gasteiger partial charge in [0.15, 0.2) is 8.32 Å². The number of nitriles is 1. The molecule has 0 aliphatic carbocycles. The Hall–Kier alpha value is -0.863. The Labute approximate surface area is 86.6 Å². The standard InChI is InChI=1S/C9H18N2O2Si/c1-11(2)9(12)6-8(7-10)13-14(3,4)5/h8H,6H2,1-5H3. The second-order valence-electron chi connectivity index (χ2n) is 4.34. The topological polar surface area (TPSA) is 53.3 Å². The number of rotatable bonds is 4. The van der Waals surface area contributed by atoms with E-state index in [0.717, 1.165) is 0 Å². The monoisotopic (exact) mass is 214 g/mol. The summed E-state index contributed by atoms with van der Waals surface area (Å²) in [6.45, 7) is 5.99. The highest BCUT2D eigenvalue weighted by atomic mass is 28.4. The largest absolute Gasteiger partial charge is 0.402 e. The molecular weight excluding hydrogens is 196 g/mol. The molecule has 0 rings (SSSR count). The molecule has 80 valence electrons. The normalized spacial score (nSPS) is 13.1. The van der Waals surface area contributed by atoms with E-state index < -0.39 is 14.4 Å². The minimum atomic E-state index is -1.74. The minimum absolute atomic E-state index is 0.0743. The van der Waals surface area contributed by atoms with Crippen LogP contribution in [0, 0.1) is 11.3 Å². The SMILES string of the molecule is CN(C)C(=O)CC(C#N)O[Si](C)(C)C. The molecule has 1 atom stereocenters. The fourth-order valence-corrected chi connectivity index (χ4v) is 1.87. The van der Waals surface area contributed by atoms with Crippen molar-refractivity contribution in [1.82, 2.24) is 4.90 Å². The maximum absolute atomic E-state index is 11.3. The smallest absolute Gasteiger partial charge is 0.225 e. The average Bonchev–Trinajstić information content (AvgIpc) is 2.00. The minimum Gasteiger partial charge on any atom is -0.402 e. The molecule has 0 aliphatic rings. The summed E-state index contributed by atoms with van der Waals surface area (Å²) in [5, 5.41) is 8.80. The fourth-order valence-electron chi connectivity index (χ4n) is 0.882. The van der Waals surface area contributed by atoms with E-state index in [1.165, 1.54) is 4.90 Å². The van der Waals surface area contributed by atoms with Crippen molar-refractivity contribution in [2.75, 3.05) is 14.1 Å². The third-order valence-electron chi connectivity index (χ3n) is 1.50. The molecule has 4 nitrogen and oxygen atoms in total. The van der Waals surface area contributed by atoms with Gasteiger partial charge in [0.2, 0.25) is 5.91 Å². The second-order valence-corrected chi connectivity index (χ2v) is 8.80. The fraction of sp³-hybridized carbons (Fsp3) is 0.778. The molecule has 14 heavy (non-hydrogen) atoms. The highest BCUT2D eigenvalue weighted by Crippen LogP contribution is 2.10. The zero-order valence-electron chi connectivity index (χ0n) is 9.50. The molecule has 0 aromatic rings. The highest BCUT2D eigenvalue weighted by Gasteiger charge is 2.23. The Kier molecular flexibility index (Phi) is 4.81. The quantitative estimate of drug-likeness (QED) is 0.661. The van der Waals surface area contributed by atoms with E-state index in [0.29, 0.717) is 0 Å². The predicted molar refractivity (Wildman–Crippen MR) is 57.1 cm³/mol. The Morgan fingerprint density at radius 3 is 2.29 bits per heavy atom. The molecule has 0 radical (unpaired) electrons. The van der Waals surface area contributed by atoms with Crippen molar-refractivity contribution in [3.63, 3.8) is 0 Å². The van der Waals surface area contributed by atoms with Gasteiger partial charge in [-0.3, -0.25) is 4.79 Å². The van der Waals surface area contributed by atoms with Crippen LogP contribution in [0.1, 0.15) is 6.42 Å². The lowest BCUT2D eigenvalue weighted by molar-refractivity contribution is -0.129. The van der Waals surface area contributed by atoms with E-state index >= 15 is 0 Å². The number of carbonyl (C=O) groups excluding carboxylic acids is 1. The van der Waals surface area contributed by atoms with Crippen molar-refractivity contribution in [1.29, 1.82) is 5.26 Å². The summed E-state index contributed by atoms with van der Waals surface area (Å²) in [6.07, 6.45) is -0.454. The van der Waals surface area contributed by atoms with Gasteiger partial charge in [-0.05, 0) is 19.6 Å². The van der Waals surface area contributed by atoms with Gasteiger partial charge in [0.05, 0.1) is 12.5 Å². The molecule has 0 fully saturated rings. The molecule has 0 heterocycles. The molecular formula is C9H18N2O2Si. The number of amides is 1. The van der Waals surface area contributed by atoms with Crippen molar-refractivity contribution >= 4 is 14.2 Å². The Morgan fingerprint density at radius 1 is 1.50 bits per heavy atom. The summed E-state index contributed by atoms with van der Waals surface area (Å²) < 4.78 is 5.54. The third kappa shape index (κ3) is 5.73. The van der Waals surface area contributed by atoms with Crippen LogP contribution in [0.5, 0.6) is 0 Å². The maximum atomic E-state index is 11.3. The summed E-state index contributed by atoms with van der Waals surface area (Å²) in [5.74, 6) is -0.0743. The molecule has 5 heteroatoms. The van der Waals surface area contributed by atoms with E-state index in [4.69, 9.17) is 9.69 Å². The van der Waals surface area contributed by atoms with Crippen molar-refractivity contribution < 1.29 is 9.22 Å². The number of hydrogen-bond donors (Lipinski definition) is 0. The second kappa shape index (κ2) is 5.13. The van der Waals surface area contributed by atoms with Gasteiger partial charge in [-0.25, -0.2) is 0 Å². The van der Waals surface area contributed by atoms with Gasteiger partial charge in [-0.1, -0.05) is 0 Å². The molecule has 0 aromatic carbocycles. The first-order valence-electron chi connectivity index (χ1n) is 4.54. The third-order valence-corrected chi connectivity index (χ3v) is 2.49. The zero-order chi connectivity index (χ0) is 11.4. The van der Waals surface area contributed by atoms with Crippen molar-refractivity contribution in [3.05, 3.63) is 0 Å². The van der Waals surface area contributed by atoms with Crippen LogP contribution in [0.2, 0.25) is 19.6 Å². The first-order chi connectivity index (χ1) is 6.26. The van der Waals surface area contributed by atoms with Gasteiger partial charge in [-0.15, -0.1) is 0 Å². The highest BCUT2D eigenvalue weighted by molar-refractivity contribution is 6.69. The summed E-state index contributed by atoms with van der Waals surface area (Å²) in [6, 6.07) is 2.01. The van der Waals surface area contributed by atoms with Gasteiger partial charge in [0.1, 0.15) is 6.10 Å². The van der Waals surface area contributed by atoms with Crippen molar-refractivity contribution in [2.45, 2.75) is 32.2 Å². The molecule has 0 aromatic heterocycles. The summed E-state index contributed by atoms with van der Waals surface area (Å²) in [5.41, 5.74) is 0. The van der Waals surface area contributed by atoms with Crippen LogP contribution in [-0.2, 0) is 9.22 Å². The molecule has 1 unspecified atom stereocenters.